The van der Waals surface area contributed by atoms with Crippen LogP contribution in [0.4, 0.5) is 28.4 Å². The highest BCUT2D eigenvalue weighted by molar-refractivity contribution is 5.66. The van der Waals surface area contributed by atoms with E-state index < -0.39 is 4.92 Å². The van der Waals surface area contributed by atoms with Crippen molar-refractivity contribution in [3.63, 3.8) is 0 Å². The van der Waals surface area contributed by atoms with Crippen LogP contribution in [0.1, 0.15) is 0 Å². The standard InChI is InChI=1S/C19H17N3O3/c1-25-19-12-8-17(9-13-19)21-15-4-2-14(3-5-15)20-16-6-10-18(11-7-16)22(23)24/h2-13,20-21H,1H3. The molecule has 0 amide bonds. The lowest BCUT2D eigenvalue weighted by Crippen LogP contribution is -1.93. The van der Waals surface area contributed by atoms with Gasteiger partial charge in [-0.1, -0.05) is 0 Å². The van der Waals surface area contributed by atoms with Gasteiger partial charge in [-0.05, 0) is 60.7 Å². The Morgan fingerprint density at radius 3 is 1.44 bits per heavy atom. The first-order valence-electron chi connectivity index (χ1n) is 7.67. The minimum absolute atomic E-state index is 0.0737. The van der Waals surface area contributed by atoms with Crippen LogP contribution in [0.3, 0.4) is 0 Å². The van der Waals surface area contributed by atoms with Gasteiger partial charge in [0, 0.05) is 34.9 Å². The normalized spacial score (nSPS) is 10.1. The number of nitro benzene ring substituents is 1. The number of hydrogen-bond acceptors (Lipinski definition) is 5. The molecule has 0 atom stereocenters. The second kappa shape index (κ2) is 7.35. The van der Waals surface area contributed by atoms with Crippen molar-refractivity contribution >= 4 is 28.4 Å². The van der Waals surface area contributed by atoms with Crippen molar-refractivity contribution in [1.29, 1.82) is 0 Å². The summed E-state index contributed by atoms with van der Waals surface area (Å²) in [5, 5.41) is 17.2. The molecule has 0 aliphatic heterocycles. The van der Waals surface area contributed by atoms with Crippen LogP contribution in [0, 0.1) is 10.1 Å². The Hall–Kier alpha value is -3.54. The van der Waals surface area contributed by atoms with E-state index in [1.807, 2.05) is 48.5 Å². The molecule has 3 rings (SSSR count). The maximum Gasteiger partial charge on any atom is 0.269 e. The number of ether oxygens (including phenoxy) is 1. The number of nitro groups is 1. The van der Waals surface area contributed by atoms with Crippen LogP contribution in [0.2, 0.25) is 0 Å². The van der Waals surface area contributed by atoms with E-state index >= 15 is 0 Å². The Morgan fingerprint density at radius 2 is 1.08 bits per heavy atom. The maximum absolute atomic E-state index is 10.7. The van der Waals surface area contributed by atoms with Gasteiger partial charge in [0.1, 0.15) is 5.75 Å². The summed E-state index contributed by atoms with van der Waals surface area (Å²) in [6.45, 7) is 0. The SMILES string of the molecule is COc1ccc(Nc2ccc(Nc3ccc([N+](=O)[O-])cc3)cc2)cc1. The highest BCUT2D eigenvalue weighted by Crippen LogP contribution is 2.24. The number of nitrogens with one attached hydrogen (secondary N) is 2. The monoisotopic (exact) mass is 335 g/mol. The average molecular weight is 335 g/mol. The van der Waals surface area contributed by atoms with Gasteiger partial charge in [0.05, 0.1) is 12.0 Å². The van der Waals surface area contributed by atoms with E-state index in [2.05, 4.69) is 10.6 Å². The lowest BCUT2D eigenvalue weighted by molar-refractivity contribution is -0.384. The predicted octanol–water partition coefficient (Wildman–Crippen LogP) is 5.09. The lowest BCUT2D eigenvalue weighted by atomic mass is 10.2. The second-order valence-corrected chi connectivity index (χ2v) is 5.36. The molecule has 2 N–H and O–H groups in total. The highest BCUT2D eigenvalue weighted by atomic mass is 16.6. The number of methoxy groups -OCH3 is 1. The Balaban J connectivity index is 1.64. The maximum atomic E-state index is 10.7. The summed E-state index contributed by atoms with van der Waals surface area (Å²) in [6, 6.07) is 21.8. The molecule has 6 nitrogen and oxygen atoms in total. The largest absolute Gasteiger partial charge is 0.497 e. The summed E-state index contributed by atoms with van der Waals surface area (Å²) < 4.78 is 5.14. The molecular formula is C19H17N3O3. The predicted molar refractivity (Wildman–Crippen MR) is 99.1 cm³/mol. The molecule has 0 spiro atoms. The number of non-ortho nitro benzene ring substituents is 1. The van der Waals surface area contributed by atoms with Crippen molar-refractivity contribution in [2.24, 2.45) is 0 Å². The molecule has 126 valence electrons. The van der Waals surface area contributed by atoms with Gasteiger partial charge in [-0.2, -0.15) is 0 Å². The molecule has 3 aromatic carbocycles. The first-order valence-corrected chi connectivity index (χ1v) is 7.67. The molecule has 0 saturated heterocycles. The molecule has 0 saturated carbocycles. The van der Waals surface area contributed by atoms with Gasteiger partial charge in [-0.25, -0.2) is 0 Å². The van der Waals surface area contributed by atoms with E-state index in [-0.39, 0.29) is 5.69 Å². The van der Waals surface area contributed by atoms with Gasteiger partial charge in [0.25, 0.3) is 5.69 Å². The van der Waals surface area contributed by atoms with Crippen molar-refractivity contribution in [3.8, 4) is 5.75 Å². The molecule has 6 heteroatoms. The molecule has 0 fully saturated rings. The first kappa shape index (κ1) is 16.3. The molecule has 0 radical (unpaired) electrons. The van der Waals surface area contributed by atoms with E-state index in [0.29, 0.717) is 0 Å². The molecule has 0 aromatic heterocycles. The summed E-state index contributed by atoms with van der Waals surface area (Å²) >= 11 is 0. The number of rotatable bonds is 6. The quantitative estimate of drug-likeness (QED) is 0.484. The number of anilines is 4. The number of benzene rings is 3. The molecule has 0 aliphatic carbocycles. The van der Waals surface area contributed by atoms with Crippen LogP contribution in [-0.2, 0) is 0 Å². The molecule has 0 unspecified atom stereocenters. The van der Waals surface area contributed by atoms with E-state index in [1.54, 1.807) is 19.2 Å². The summed E-state index contributed by atoms with van der Waals surface area (Å²) in [6.07, 6.45) is 0. The Labute approximate surface area is 145 Å². The lowest BCUT2D eigenvalue weighted by Gasteiger charge is -2.10. The summed E-state index contributed by atoms with van der Waals surface area (Å²) in [5.74, 6) is 0.813. The van der Waals surface area contributed by atoms with E-state index in [0.717, 1.165) is 28.5 Å². The zero-order valence-electron chi connectivity index (χ0n) is 13.6. The first-order chi connectivity index (χ1) is 12.1. The smallest absolute Gasteiger partial charge is 0.269 e. The third-order valence-electron chi connectivity index (χ3n) is 3.63. The topological polar surface area (TPSA) is 76.4 Å². The molecule has 0 aliphatic rings. The Kier molecular flexibility index (Phi) is 4.80. The Bertz CT molecular complexity index is 845. The summed E-state index contributed by atoms with van der Waals surface area (Å²) in [7, 11) is 1.64. The van der Waals surface area contributed by atoms with Crippen LogP contribution in [0.25, 0.3) is 0 Å². The van der Waals surface area contributed by atoms with Crippen LogP contribution in [-0.4, -0.2) is 12.0 Å². The molecule has 25 heavy (non-hydrogen) atoms. The van der Waals surface area contributed by atoms with Gasteiger partial charge >= 0.3 is 0 Å². The molecule has 0 bridgehead atoms. The van der Waals surface area contributed by atoms with Gasteiger partial charge < -0.3 is 15.4 Å². The van der Waals surface area contributed by atoms with E-state index in [4.69, 9.17) is 4.74 Å². The number of hydrogen-bond donors (Lipinski definition) is 2. The zero-order valence-corrected chi connectivity index (χ0v) is 13.6. The molecule has 0 heterocycles. The third kappa shape index (κ3) is 4.26. The minimum atomic E-state index is -0.413. The van der Waals surface area contributed by atoms with Crippen LogP contribution >= 0.6 is 0 Å². The summed E-state index contributed by atoms with van der Waals surface area (Å²) in [5.41, 5.74) is 3.69. The van der Waals surface area contributed by atoms with E-state index in [9.17, 15) is 10.1 Å². The molecule has 3 aromatic rings. The van der Waals surface area contributed by atoms with Crippen molar-refractivity contribution < 1.29 is 9.66 Å². The number of nitrogens with zero attached hydrogens (tertiary/aromatic N) is 1. The second-order valence-electron chi connectivity index (χ2n) is 5.36. The van der Waals surface area contributed by atoms with Crippen LogP contribution in [0.5, 0.6) is 5.75 Å². The van der Waals surface area contributed by atoms with Gasteiger partial charge in [0.2, 0.25) is 0 Å². The van der Waals surface area contributed by atoms with Gasteiger partial charge in [-0.15, -0.1) is 0 Å². The van der Waals surface area contributed by atoms with Crippen LogP contribution < -0.4 is 15.4 Å². The fraction of sp³-hybridized carbons (Fsp3) is 0.0526. The summed E-state index contributed by atoms with van der Waals surface area (Å²) in [4.78, 5) is 10.3. The van der Waals surface area contributed by atoms with E-state index in [1.165, 1.54) is 12.1 Å². The zero-order chi connectivity index (χ0) is 17.6. The fourth-order valence-corrected chi connectivity index (χ4v) is 2.31. The van der Waals surface area contributed by atoms with Crippen molar-refractivity contribution in [2.45, 2.75) is 0 Å². The highest BCUT2D eigenvalue weighted by Gasteiger charge is 2.04. The third-order valence-corrected chi connectivity index (χ3v) is 3.63. The molecular weight excluding hydrogens is 318 g/mol. The average Bonchev–Trinajstić information content (AvgIpc) is 2.64. The van der Waals surface area contributed by atoms with Gasteiger partial charge in [0.15, 0.2) is 0 Å². The van der Waals surface area contributed by atoms with Crippen molar-refractivity contribution in [3.05, 3.63) is 82.9 Å². The van der Waals surface area contributed by atoms with Crippen molar-refractivity contribution in [2.75, 3.05) is 17.7 Å². The van der Waals surface area contributed by atoms with Gasteiger partial charge in [-0.3, -0.25) is 10.1 Å². The Morgan fingerprint density at radius 1 is 0.720 bits per heavy atom. The fourth-order valence-electron chi connectivity index (χ4n) is 2.31. The van der Waals surface area contributed by atoms with Crippen molar-refractivity contribution in [1.82, 2.24) is 0 Å². The van der Waals surface area contributed by atoms with Crippen LogP contribution in [0.15, 0.2) is 72.8 Å². The minimum Gasteiger partial charge on any atom is -0.497 e.